The lowest BCUT2D eigenvalue weighted by Gasteiger charge is -2.32. The molecule has 0 radical (unpaired) electrons. The fourth-order valence-corrected chi connectivity index (χ4v) is 2.82. The lowest BCUT2D eigenvalue weighted by molar-refractivity contribution is 0.169. The van der Waals surface area contributed by atoms with E-state index in [0.29, 0.717) is 0 Å². The summed E-state index contributed by atoms with van der Waals surface area (Å²) in [6.45, 7) is 6.54. The molecule has 1 fully saturated rings. The molecule has 0 aliphatic carbocycles. The quantitative estimate of drug-likeness (QED) is 0.831. The van der Waals surface area contributed by atoms with E-state index in [-0.39, 0.29) is 5.82 Å². The third kappa shape index (κ3) is 6.12. The maximum atomic E-state index is 13.1. The maximum Gasteiger partial charge on any atom is 0.123 e. The zero-order valence-corrected chi connectivity index (χ0v) is 13.3. The van der Waals surface area contributed by atoms with E-state index in [1.165, 1.54) is 38.5 Å². The molecular weight excluding hydrogens is 265 g/mol. The van der Waals surface area contributed by atoms with Gasteiger partial charge in [0.25, 0.3) is 0 Å². The Morgan fingerprint density at radius 3 is 2.71 bits per heavy atom. The van der Waals surface area contributed by atoms with Crippen LogP contribution in [0.15, 0.2) is 24.3 Å². The number of hydrogen-bond donors (Lipinski definition) is 1. The number of nitrogens with zero attached hydrogens (tertiary/aromatic N) is 2. The topological polar surface area (TPSA) is 18.5 Å². The number of rotatable bonds is 7. The van der Waals surface area contributed by atoms with Crippen molar-refractivity contribution in [3.63, 3.8) is 0 Å². The number of likely N-dealkylation sites (N-methyl/N-ethyl adjacent to an activating group) is 1. The number of halogens is 1. The van der Waals surface area contributed by atoms with Crippen LogP contribution in [0.5, 0.6) is 0 Å². The molecule has 4 heteroatoms. The molecule has 1 aromatic rings. The molecule has 2 rings (SSSR count). The second kappa shape index (κ2) is 8.47. The van der Waals surface area contributed by atoms with Crippen molar-refractivity contribution in [2.24, 2.45) is 5.92 Å². The van der Waals surface area contributed by atoms with E-state index in [2.05, 4.69) is 29.2 Å². The molecule has 0 atom stereocenters. The Morgan fingerprint density at radius 1 is 1.29 bits per heavy atom. The van der Waals surface area contributed by atoms with Gasteiger partial charge >= 0.3 is 0 Å². The fraction of sp³-hybridized carbons (Fsp3) is 0.647. The smallest absolute Gasteiger partial charge is 0.123 e. The van der Waals surface area contributed by atoms with E-state index in [9.17, 15) is 4.39 Å². The van der Waals surface area contributed by atoms with Crippen molar-refractivity contribution in [2.75, 3.05) is 46.8 Å². The van der Waals surface area contributed by atoms with Crippen LogP contribution in [0, 0.1) is 11.7 Å². The van der Waals surface area contributed by atoms with Gasteiger partial charge in [-0.3, -0.25) is 0 Å². The third-order valence-corrected chi connectivity index (χ3v) is 4.22. The molecule has 0 aromatic heterocycles. The number of piperidine rings is 1. The highest BCUT2D eigenvalue weighted by Gasteiger charge is 2.18. The van der Waals surface area contributed by atoms with Crippen molar-refractivity contribution in [1.82, 2.24) is 15.1 Å². The summed E-state index contributed by atoms with van der Waals surface area (Å²) < 4.78 is 13.1. The monoisotopic (exact) mass is 293 g/mol. The average molecular weight is 293 g/mol. The first-order chi connectivity index (χ1) is 10.1. The van der Waals surface area contributed by atoms with Crippen molar-refractivity contribution >= 4 is 0 Å². The van der Waals surface area contributed by atoms with Gasteiger partial charge in [0.1, 0.15) is 5.82 Å². The molecule has 0 unspecified atom stereocenters. The summed E-state index contributed by atoms with van der Waals surface area (Å²) in [6, 6.07) is 6.85. The lowest BCUT2D eigenvalue weighted by atomic mass is 9.96. The first-order valence-corrected chi connectivity index (χ1v) is 7.96. The Bertz CT molecular complexity index is 414. The van der Waals surface area contributed by atoms with Gasteiger partial charge in [0, 0.05) is 19.6 Å². The zero-order chi connectivity index (χ0) is 15.1. The summed E-state index contributed by atoms with van der Waals surface area (Å²) in [6.07, 6.45) is 2.53. The second-order valence-electron chi connectivity index (χ2n) is 6.35. The maximum absolute atomic E-state index is 13.1. The van der Waals surface area contributed by atoms with Crippen molar-refractivity contribution in [3.05, 3.63) is 35.6 Å². The van der Waals surface area contributed by atoms with Crippen LogP contribution in [0.2, 0.25) is 0 Å². The van der Waals surface area contributed by atoms with Gasteiger partial charge in [-0.2, -0.15) is 0 Å². The van der Waals surface area contributed by atoms with Crippen LogP contribution < -0.4 is 5.32 Å². The summed E-state index contributed by atoms with van der Waals surface area (Å²) in [5.41, 5.74) is 1.03. The molecule has 1 N–H and O–H groups in total. The number of benzene rings is 1. The van der Waals surface area contributed by atoms with Gasteiger partial charge in [0.15, 0.2) is 0 Å². The van der Waals surface area contributed by atoms with Gasteiger partial charge in [0.05, 0.1) is 0 Å². The van der Waals surface area contributed by atoms with Crippen LogP contribution in [0.3, 0.4) is 0 Å². The first-order valence-electron chi connectivity index (χ1n) is 7.96. The van der Waals surface area contributed by atoms with Crippen LogP contribution in [0.4, 0.5) is 4.39 Å². The van der Waals surface area contributed by atoms with Gasteiger partial charge in [-0.25, -0.2) is 4.39 Å². The van der Waals surface area contributed by atoms with E-state index in [1.54, 1.807) is 12.1 Å². The molecule has 118 valence electrons. The Kier molecular flexibility index (Phi) is 6.61. The number of likely N-dealkylation sites (tertiary alicyclic amines) is 1. The van der Waals surface area contributed by atoms with Gasteiger partial charge in [-0.05, 0) is 70.2 Å². The third-order valence-electron chi connectivity index (χ3n) is 4.22. The highest BCUT2D eigenvalue weighted by molar-refractivity contribution is 5.15. The van der Waals surface area contributed by atoms with E-state index in [0.717, 1.165) is 31.1 Å². The summed E-state index contributed by atoms with van der Waals surface area (Å²) in [5, 5.41) is 3.47. The van der Waals surface area contributed by atoms with E-state index < -0.39 is 0 Å². The van der Waals surface area contributed by atoms with Gasteiger partial charge in [0.2, 0.25) is 0 Å². The van der Waals surface area contributed by atoms with Crippen LogP contribution in [0.1, 0.15) is 18.4 Å². The van der Waals surface area contributed by atoms with Gasteiger partial charge in [-0.1, -0.05) is 12.1 Å². The molecule has 1 saturated heterocycles. The van der Waals surface area contributed by atoms with Crippen molar-refractivity contribution in [2.45, 2.75) is 19.4 Å². The molecule has 0 amide bonds. The predicted octanol–water partition coefficient (Wildman–Crippen LogP) is 2.19. The van der Waals surface area contributed by atoms with Crippen LogP contribution >= 0.6 is 0 Å². The van der Waals surface area contributed by atoms with E-state index >= 15 is 0 Å². The number of hydrogen-bond acceptors (Lipinski definition) is 3. The average Bonchev–Trinajstić information content (AvgIpc) is 2.46. The normalized spacial score (nSPS) is 17.5. The first kappa shape index (κ1) is 16.4. The minimum absolute atomic E-state index is 0.150. The van der Waals surface area contributed by atoms with Crippen LogP contribution in [0.25, 0.3) is 0 Å². The standard InChI is InChI=1S/C17H28FN3/c1-20(2)10-11-21-8-6-15(7-9-21)13-19-14-16-4-3-5-17(18)12-16/h3-5,12,15,19H,6-11,13-14H2,1-2H3. The SMILES string of the molecule is CN(C)CCN1CCC(CNCc2cccc(F)c2)CC1. The molecule has 0 bridgehead atoms. The molecule has 0 saturated carbocycles. The molecule has 3 nitrogen and oxygen atoms in total. The summed E-state index contributed by atoms with van der Waals surface area (Å²) >= 11 is 0. The lowest BCUT2D eigenvalue weighted by Crippen LogP contribution is -2.40. The summed E-state index contributed by atoms with van der Waals surface area (Å²) in [7, 11) is 4.26. The Hall–Kier alpha value is -0.970. The highest BCUT2D eigenvalue weighted by Crippen LogP contribution is 2.16. The Morgan fingerprint density at radius 2 is 2.05 bits per heavy atom. The molecule has 1 aromatic carbocycles. The molecular formula is C17H28FN3. The number of nitrogens with one attached hydrogen (secondary N) is 1. The van der Waals surface area contributed by atoms with Crippen LogP contribution in [-0.2, 0) is 6.54 Å². The highest BCUT2D eigenvalue weighted by atomic mass is 19.1. The van der Waals surface area contributed by atoms with E-state index in [4.69, 9.17) is 0 Å². The molecule has 1 aliphatic heterocycles. The molecule has 1 aliphatic rings. The van der Waals surface area contributed by atoms with Crippen molar-refractivity contribution in [1.29, 1.82) is 0 Å². The van der Waals surface area contributed by atoms with Gasteiger partial charge < -0.3 is 15.1 Å². The Balaban J connectivity index is 1.60. The van der Waals surface area contributed by atoms with E-state index in [1.807, 2.05) is 6.07 Å². The Labute approximate surface area is 128 Å². The summed E-state index contributed by atoms with van der Waals surface area (Å²) in [4.78, 5) is 4.80. The predicted molar refractivity (Wildman–Crippen MR) is 85.8 cm³/mol. The van der Waals surface area contributed by atoms with Crippen molar-refractivity contribution < 1.29 is 4.39 Å². The molecule has 21 heavy (non-hydrogen) atoms. The molecule has 1 heterocycles. The minimum atomic E-state index is -0.150. The van der Waals surface area contributed by atoms with Crippen LogP contribution in [-0.4, -0.2) is 56.6 Å². The fourth-order valence-electron chi connectivity index (χ4n) is 2.82. The van der Waals surface area contributed by atoms with Gasteiger partial charge in [-0.15, -0.1) is 0 Å². The zero-order valence-electron chi connectivity index (χ0n) is 13.3. The molecule has 0 spiro atoms. The van der Waals surface area contributed by atoms with Crippen molar-refractivity contribution in [3.8, 4) is 0 Å². The minimum Gasteiger partial charge on any atom is -0.312 e. The second-order valence-corrected chi connectivity index (χ2v) is 6.35. The summed E-state index contributed by atoms with van der Waals surface area (Å²) in [5.74, 6) is 0.609. The largest absolute Gasteiger partial charge is 0.312 e.